The number of aliphatic carboxylic acids is 1. The number of benzene rings is 1. The highest BCUT2D eigenvalue weighted by Gasteiger charge is 2.09. The average Bonchev–Trinajstić information content (AvgIpc) is 2.61. The zero-order chi connectivity index (χ0) is 13.3. The van der Waals surface area contributed by atoms with E-state index in [1.165, 1.54) is 0 Å². The van der Waals surface area contributed by atoms with Gasteiger partial charge in [0.25, 0.3) is 0 Å². The van der Waals surface area contributed by atoms with Crippen molar-refractivity contribution in [2.24, 2.45) is 0 Å². The summed E-state index contributed by atoms with van der Waals surface area (Å²) in [6, 6.07) is 9.06. The summed E-state index contributed by atoms with van der Waals surface area (Å²) in [6.07, 6.45) is -0.171. The van der Waals surface area contributed by atoms with Crippen LogP contribution in [-0.4, -0.2) is 20.7 Å². The lowest BCUT2D eigenvalue weighted by molar-refractivity contribution is -0.136. The monoisotopic (exact) mass is 245 g/mol. The Morgan fingerprint density at radius 3 is 2.28 bits per heavy atom. The summed E-state index contributed by atoms with van der Waals surface area (Å²) in [5.41, 5.74) is 3.39. The molecule has 1 aromatic carbocycles. The Hall–Kier alpha value is -2.23. The largest absolute Gasteiger partial charge is 0.508 e. The van der Waals surface area contributed by atoms with Gasteiger partial charge in [-0.05, 0) is 32.0 Å². The number of aryl methyl sites for hydroxylation is 2. The lowest BCUT2D eigenvalue weighted by atomic mass is 10.1. The van der Waals surface area contributed by atoms with E-state index in [9.17, 15) is 9.90 Å². The first-order chi connectivity index (χ1) is 8.49. The zero-order valence-electron chi connectivity index (χ0n) is 10.3. The molecule has 2 aromatic rings. The second-order valence-electron chi connectivity index (χ2n) is 4.34. The second-order valence-corrected chi connectivity index (χ2v) is 4.34. The van der Waals surface area contributed by atoms with Crippen LogP contribution >= 0.6 is 0 Å². The van der Waals surface area contributed by atoms with E-state index in [0.717, 1.165) is 17.1 Å². The first-order valence-electron chi connectivity index (χ1n) is 5.68. The van der Waals surface area contributed by atoms with Crippen molar-refractivity contribution in [3.05, 3.63) is 47.3 Å². The minimum Gasteiger partial charge on any atom is -0.508 e. The predicted octanol–water partition coefficient (Wildman–Crippen LogP) is 2.43. The molecule has 0 bridgehead atoms. The van der Waals surface area contributed by atoms with Crippen molar-refractivity contribution in [2.45, 2.75) is 20.3 Å². The number of carboxylic acids is 1. The third kappa shape index (κ3) is 2.22. The van der Waals surface area contributed by atoms with Gasteiger partial charge < -0.3 is 14.8 Å². The Morgan fingerprint density at radius 1 is 1.17 bits per heavy atom. The van der Waals surface area contributed by atoms with E-state index >= 15 is 0 Å². The van der Waals surface area contributed by atoms with Gasteiger partial charge in [-0.3, -0.25) is 4.79 Å². The fraction of sp³-hybridized carbons (Fsp3) is 0.214. The number of hydrogen-bond donors (Lipinski definition) is 2. The van der Waals surface area contributed by atoms with Crippen molar-refractivity contribution in [1.82, 2.24) is 4.57 Å². The predicted molar refractivity (Wildman–Crippen MR) is 68.2 cm³/mol. The van der Waals surface area contributed by atoms with Crippen LogP contribution in [0.4, 0.5) is 0 Å². The molecule has 0 saturated carbocycles. The van der Waals surface area contributed by atoms with Crippen LogP contribution in [0.15, 0.2) is 30.3 Å². The topological polar surface area (TPSA) is 62.5 Å². The van der Waals surface area contributed by atoms with Crippen LogP contribution in [0.1, 0.15) is 17.0 Å². The number of phenols is 1. The number of hydrogen-bond acceptors (Lipinski definition) is 2. The summed E-state index contributed by atoms with van der Waals surface area (Å²) in [7, 11) is 0. The Balaban J connectivity index is 2.43. The molecule has 0 atom stereocenters. The molecule has 0 spiro atoms. The molecule has 0 saturated heterocycles. The Morgan fingerprint density at radius 2 is 1.78 bits per heavy atom. The molecule has 2 rings (SSSR count). The van der Waals surface area contributed by atoms with Gasteiger partial charge in [0.05, 0.1) is 6.42 Å². The fourth-order valence-corrected chi connectivity index (χ4v) is 2.08. The van der Waals surface area contributed by atoms with Gasteiger partial charge in [-0.1, -0.05) is 6.07 Å². The van der Waals surface area contributed by atoms with Gasteiger partial charge in [0.1, 0.15) is 5.75 Å². The molecule has 18 heavy (non-hydrogen) atoms. The third-order valence-electron chi connectivity index (χ3n) is 2.94. The van der Waals surface area contributed by atoms with Gasteiger partial charge >= 0.3 is 5.97 Å². The van der Waals surface area contributed by atoms with Gasteiger partial charge in [-0.2, -0.15) is 0 Å². The molecule has 4 nitrogen and oxygen atoms in total. The van der Waals surface area contributed by atoms with E-state index in [4.69, 9.17) is 5.11 Å². The molecule has 0 radical (unpaired) electrons. The van der Waals surface area contributed by atoms with Crippen molar-refractivity contribution in [3.8, 4) is 11.4 Å². The number of aromatic hydroxyl groups is 1. The maximum Gasteiger partial charge on any atom is 0.307 e. The Kier molecular flexibility index (Phi) is 3.10. The molecule has 0 aliphatic carbocycles. The van der Waals surface area contributed by atoms with Gasteiger partial charge in [0.2, 0.25) is 0 Å². The highest BCUT2D eigenvalue weighted by Crippen LogP contribution is 2.24. The molecule has 2 N–H and O–H groups in total. The number of carboxylic acid groups (broad SMARTS) is 1. The average molecular weight is 245 g/mol. The summed E-state index contributed by atoms with van der Waals surface area (Å²) < 4.78 is 2.00. The molecule has 0 aliphatic rings. The first-order valence-corrected chi connectivity index (χ1v) is 5.68. The molecule has 0 amide bonds. The fourth-order valence-electron chi connectivity index (χ4n) is 2.08. The number of carbonyl (C=O) groups is 1. The van der Waals surface area contributed by atoms with Crippen LogP contribution in [-0.2, 0) is 11.2 Å². The van der Waals surface area contributed by atoms with Gasteiger partial charge in [-0.15, -0.1) is 0 Å². The molecule has 4 heteroatoms. The molecule has 94 valence electrons. The summed E-state index contributed by atoms with van der Waals surface area (Å²) in [6.45, 7) is 3.96. The molecular formula is C14H15NO3. The van der Waals surface area contributed by atoms with E-state index in [1.54, 1.807) is 12.1 Å². The van der Waals surface area contributed by atoms with Crippen molar-refractivity contribution < 1.29 is 15.0 Å². The summed E-state index contributed by atoms with van der Waals surface area (Å²) in [4.78, 5) is 10.6. The Bertz CT molecular complexity index is 580. The lowest BCUT2D eigenvalue weighted by Crippen LogP contribution is -2.02. The van der Waals surface area contributed by atoms with E-state index in [0.29, 0.717) is 5.56 Å². The van der Waals surface area contributed by atoms with Crippen molar-refractivity contribution in [2.75, 3.05) is 0 Å². The molecule has 0 fully saturated rings. The van der Waals surface area contributed by atoms with Crippen LogP contribution in [0.3, 0.4) is 0 Å². The summed E-state index contributed by atoms with van der Waals surface area (Å²) in [5.74, 6) is -0.936. The quantitative estimate of drug-likeness (QED) is 0.873. The molecule has 0 aliphatic heterocycles. The van der Waals surface area contributed by atoms with Crippen LogP contribution < -0.4 is 0 Å². The van der Waals surface area contributed by atoms with E-state index in [2.05, 4.69) is 0 Å². The van der Waals surface area contributed by atoms with E-state index in [-0.39, 0.29) is 12.2 Å². The summed E-state index contributed by atoms with van der Waals surface area (Å²) in [5, 5.41) is 18.6. The number of nitrogens with zero attached hydrogens (tertiary/aromatic N) is 1. The first kappa shape index (κ1) is 12.2. The minimum absolute atomic E-state index is 0.0161. The summed E-state index contributed by atoms with van der Waals surface area (Å²) >= 11 is 0. The van der Waals surface area contributed by atoms with Crippen molar-refractivity contribution in [1.29, 1.82) is 0 Å². The van der Waals surface area contributed by atoms with Crippen LogP contribution in [0.5, 0.6) is 5.75 Å². The van der Waals surface area contributed by atoms with Crippen LogP contribution in [0, 0.1) is 13.8 Å². The molecule has 1 aromatic heterocycles. The van der Waals surface area contributed by atoms with Gasteiger partial charge in [0, 0.05) is 28.7 Å². The van der Waals surface area contributed by atoms with E-state index in [1.807, 2.05) is 36.6 Å². The van der Waals surface area contributed by atoms with Gasteiger partial charge in [-0.25, -0.2) is 0 Å². The number of phenolic OH excluding ortho intramolecular Hbond substituents is 1. The maximum absolute atomic E-state index is 10.6. The molecule has 0 unspecified atom stereocenters. The lowest BCUT2D eigenvalue weighted by Gasteiger charge is -2.11. The second kappa shape index (κ2) is 4.56. The molecular weight excluding hydrogens is 230 g/mol. The third-order valence-corrected chi connectivity index (χ3v) is 2.94. The smallest absolute Gasteiger partial charge is 0.307 e. The van der Waals surface area contributed by atoms with Gasteiger partial charge in [0.15, 0.2) is 0 Å². The van der Waals surface area contributed by atoms with E-state index < -0.39 is 5.97 Å². The van der Waals surface area contributed by atoms with Crippen LogP contribution in [0.2, 0.25) is 0 Å². The zero-order valence-corrected chi connectivity index (χ0v) is 10.3. The van der Waals surface area contributed by atoms with Crippen molar-refractivity contribution >= 4 is 5.97 Å². The SMILES string of the molecule is Cc1ccc(C)n1-c1ccc(CC(=O)O)c(O)c1. The highest BCUT2D eigenvalue weighted by molar-refractivity contribution is 5.71. The number of aromatic nitrogens is 1. The minimum atomic E-state index is -0.952. The maximum atomic E-state index is 10.6. The number of rotatable bonds is 3. The highest BCUT2D eigenvalue weighted by atomic mass is 16.4. The normalized spacial score (nSPS) is 10.6. The Labute approximate surface area is 105 Å². The standard InChI is InChI=1S/C14H15NO3/c1-9-3-4-10(2)15(9)12-6-5-11(7-14(17)18)13(16)8-12/h3-6,8,16H,7H2,1-2H3,(H,17,18). The molecule has 1 heterocycles. The van der Waals surface area contributed by atoms with Crippen LogP contribution in [0.25, 0.3) is 5.69 Å². The van der Waals surface area contributed by atoms with Crippen molar-refractivity contribution in [3.63, 3.8) is 0 Å².